The molecule has 2 fully saturated rings. The lowest BCUT2D eigenvalue weighted by molar-refractivity contribution is -0.122. The van der Waals surface area contributed by atoms with Crippen molar-refractivity contribution in [2.45, 2.75) is 32.6 Å². The van der Waals surface area contributed by atoms with E-state index < -0.39 is 0 Å². The molecule has 2 aromatic carbocycles. The fraction of sp³-hybridized carbons (Fsp3) is 0.417. The van der Waals surface area contributed by atoms with Crippen LogP contribution < -0.4 is 10.6 Å². The van der Waals surface area contributed by atoms with Gasteiger partial charge in [-0.15, -0.1) is 0 Å². The van der Waals surface area contributed by atoms with E-state index >= 15 is 0 Å². The van der Waals surface area contributed by atoms with Crippen LogP contribution in [-0.4, -0.2) is 31.6 Å². The molecule has 29 heavy (non-hydrogen) atoms. The number of hydrogen-bond acceptors (Lipinski definition) is 3. The molecule has 2 amide bonds. The molecular weight excluding hydrogens is 364 g/mol. The van der Waals surface area contributed by atoms with Gasteiger partial charge in [0.15, 0.2) is 0 Å². The first-order chi connectivity index (χ1) is 14.1. The van der Waals surface area contributed by atoms with E-state index in [4.69, 9.17) is 4.74 Å². The number of amides is 2. The summed E-state index contributed by atoms with van der Waals surface area (Å²) in [4.78, 5) is 24.8. The molecule has 2 aromatic rings. The van der Waals surface area contributed by atoms with Crippen LogP contribution in [0.1, 0.15) is 41.6 Å². The van der Waals surface area contributed by atoms with Gasteiger partial charge in [0.1, 0.15) is 0 Å². The van der Waals surface area contributed by atoms with Gasteiger partial charge in [0.2, 0.25) is 5.91 Å². The molecule has 1 saturated carbocycles. The van der Waals surface area contributed by atoms with Gasteiger partial charge in [0.05, 0.1) is 0 Å². The second-order valence-electron chi connectivity index (χ2n) is 8.14. The van der Waals surface area contributed by atoms with Crippen LogP contribution in [-0.2, 0) is 9.53 Å². The maximum Gasteiger partial charge on any atom is 0.251 e. The normalized spacial score (nSPS) is 17.0. The van der Waals surface area contributed by atoms with E-state index in [1.807, 2.05) is 42.5 Å². The van der Waals surface area contributed by atoms with Gasteiger partial charge in [-0.1, -0.05) is 18.2 Å². The van der Waals surface area contributed by atoms with Crippen LogP contribution in [0.3, 0.4) is 0 Å². The number of nitrogens with one attached hydrogen (secondary N) is 2. The van der Waals surface area contributed by atoms with Gasteiger partial charge < -0.3 is 15.4 Å². The summed E-state index contributed by atoms with van der Waals surface area (Å²) >= 11 is 0. The summed E-state index contributed by atoms with van der Waals surface area (Å²) in [5.74, 6) is 0.727. The molecule has 0 unspecified atom stereocenters. The third-order valence-corrected chi connectivity index (χ3v) is 5.80. The second kappa shape index (κ2) is 8.78. The van der Waals surface area contributed by atoms with Gasteiger partial charge >= 0.3 is 0 Å². The Balaban J connectivity index is 1.45. The lowest BCUT2D eigenvalue weighted by Gasteiger charge is -2.21. The molecule has 152 valence electrons. The van der Waals surface area contributed by atoms with Crippen LogP contribution >= 0.6 is 0 Å². The van der Waals surface area contributed by atoms with Crippen LogP contribution in [0.5, 0.6) is 0 Å². The van der Waals surface area contributed by atoms with E-state index in [0.29, 0.717) is 24.7 Å². The van der Waals surface area contributed by atoms with Gasteiger partial charge in [-0.2, -0.15) is 0 Å². The predicted molar refractivity (Wildman–Crippen MR) is 114 cm³/mol. The van der Waals surface area contributed by atoms with Crippen LogP contribution in [0.4, 0.5) is 5.69 Å². The minimum atomic E-state index is -0.0161. The first-order valence-corrected chi connectivity index (χ1v) is 10.5. The van der Waals surface area contributed by atoms with Crippen LogP contribution in [0.2, 0.25) is 0 Å². The minimum absolute atomic E-state index is 0.0157. The zero-order valence-corrected chi connectivity index (χ0v) is 16.9. The van der Waals surface area contributed by atoms with E-state index in [9.17, 15) is 9.59 Å². The van der Waals surface area contributed by atoms with E-state index in [-0.39, 0.29) is 17.7 Å². The molecule has 4 rings (SSSR count). The zero-order chi connectivity index (χ0) is 20.2. The van der Waals surface area contributed by atoms with Gasteiger partial charge in [-0.3, -0.25) is 9.59 Å². The van der Waals surface area contributed by atoms with Crippen LogP contribution in [0, 0.1) is 18.8 Å². The quantitative estimate of drug-likeness (QED) is 0.775. The monoisotopic (exact) mass is 392 g/mol. The SMILES string of the molecule is Cc1ccc(NC(=O)C2CCOCC2)cc1-c1ccc(C(=O)NCC2CC2)cc1. The number of carbonyl (C=O) groups is 2. The predicted octanol–water partition coefficient (Wildman–Crippen LogP) is 4.17. The average Bonchev–Trinajstić information content (AvgIpc) is 3.59. The highest BCUT2D eigenvalue weighted by Gasteiger charge is 2.22. The van der Waals surface area contributed by atoms with Gasteiger partial charge in [0.25, 0.3) is 5.91 Å². The van der Waals surface area contributed by atoms with Crippen molar-refractivity contribution in [2.24, 2.45) is 11.8 Å². The number of ether oxygens (including phenoxy) is 1. The summed E-state index contributed by atoms with van der Waals surface area (Å²) in [6.07, 6.45) is 3.99. The number of hydrogen-bond donors (Lipinski definition) is 2. The Bertz CT molecular complexity index is 881. The van der Waals surface area contributed by atoms with Crippen molar-refractivity contribution in [2.75, 3.05) is 25.1 Å². The number of aryl methyl sites for hydroxylation is 1. The Morgan fingerprint density at radius 1 is 1.00 bits per heavy atom. The highest BCUT2D eigenvalue weighted by molar-refractivity contribution is 5.95. The third-order valence-electron chi connectivity index (χ3n) is 5.80. The van der Waals surface area contributed by atoms with Crippen molar-refractivity contribution < 1.29 is 14.3 Å². The van der Waals surface area contributed by atoms with E-state index in [1.165, 1.54) is 12.8 Å². The summed E-state index contributed by atoms with van der Waals surface area (Å²) in [6.45, 7) is 4.12. The Morgan fingerprint density at radius 3 is 2.41 bits per heavy atom. The van der Waals surface area contributed by atoms with Crippen molar-refractivity contribution in [3.05, 3.63) is 53.6 Å². The largest absolute Gasteiger partial charge is 0.381 e. The first-order valence-electron chi connectivity index (χ1n) is 10.5. The fourth-order valence-electron chi connectivity index (χ4n) is 3.68. The molecule has 2 aliphatic rings. The fourth-order valence-corrected chi connectivity index (χ4v) is 3.68. The molecule has 1 aliphatic carbocycles. The molecule has 0 aromatic heterocycles. The minimum Gasteiger partial charge on any atom is -0.381 e. The highest BCUT2D eigenvalue weighted by Crippen LogP contribution is 2.29. The topological polar surface area (TPSA) is 67.4 Å². The Labute approximate surface area is 171 Å². The molecule has 0 atom stereocenters. The lowest BCUT2D eigenvalue weighted by Crippen LogP contribution is -2.28. The summed E-state index contributed by atoms with van der Waals surface area (Å²) in [5, 5.41) is 6.05. The van der Waals surface area contributed by atoms with E-state index in [1.54, 1.807) is 0 Å². The van der Waals surface area contributed by atoms with Crippen molar-refractivity contribution in [1.29, 1.82) is 0 Å². The summed E-state index contributed by atoms with van der Waals surface area (Å²) in [7, 11) is 0. The molecule has 1 aliphatic heterocycles. The Morgan fingerprint density at radius 2 is 1.72 bits per heavy atom. The van der Waals surface area contributed by atoms with Crippen molar-refractivity contribution in [3.63, 3.8) is 0 Å². The van der Waals surface area contributed by atoms with Crippen LogP contribution in [0.15, 0.2) is 42.5 Å². The maximum atomic E-state index is 12.5. The molecule has 5 nitrogen and oxygen atoms in total. The molecule has 0 radical (unpaired) electrons. The second-order valence-corrected chi connectivity index (χ2v) is 8.14. The van der Waals surface area contributed by atoms with Crippen molar-refractivity contribution in [1.82, 2.24) is 5.32 Å². The molecule has 1 heterocycles. The molecule has 1 saturated heterocycles. The zero-order valence-electron chi connectivity index (χ0n) is 16.9. The van der Waals surface area contributed by atoms with Crippen molar-refractivity contribution in [3.8, 4) is 11.1 Å². The highest BCUT2D eigenvalue weighted by atomic mass is 16.5. The Kier molecular flexibility index (Phi) is 5.95. The molecule has 2 N–H and O–H groups in total. The first kappa shape index (κ1) is 19.6. The molecular formula is C24H28N2O3. The van der Waals surface area contributed by atoms with Gasteiger partial charge in [-0.05, 0) is 79.5 Å². The summed E-state index contributed by atoms with van der Waals surface area (Å²) in [5.41, 5.74) is 4.69. The number of anilines is 1. The molecule has 0 bridgehead atoms. The third kappa shape index (κ3) is 5.04. The average molecular weight is 392 g/mol. The molecule has 0 spiro atoms. The van der Waals surface area contributed by atoms with Gasteiger partial charge in [-0.25, -0.2) is 0 Å². The van der Waals surface area contributed by atoms with E-state index in [2.05, 4.69) is 17.6 Å². The lowest BCUT2D eigenvalue weighted by atomic mass is 9.97. The maximum absolute atomic E-state index is 12.5. The Hall–Kier alpha value is -2.66. The van der Waals surface area contributed by atoms with Gasteiger partial charge in [0, 0.05) is 36.9 Å². The summed E-state index contributed by atoms with van der Waals surface area (Å²) < 4.78 is 5.34. The molecule has 5 heteroatoms. The standard InChI is InChI=1S/C24H28N2O3/c1-16-2-9-21(26-24(28)20-10-12-29-13-11-20)14-22(16)18-5-7-19(8-6-18)23(27)25-15-17-3-4-17/h2,5-9,14,17,20H,3-4,10-13,15H2,1H3,(H,25,27)(H,26,28). The summed E-state index contributed by atoms with van der Waals surface area (Å²) in [6, 6.07) is 13.6. The number of carbonyl (C=O) groups excluding carboxylic acids is 2. The smallest absolute Gasteiger partial charge is 0.251 e. The number of rotatable bonds is 6. The van der Waals surface area contributed by atoms with Crippen LogP contribution in [0.25, 0.3) is 11.1 Å². The van der Waals surface area contributed by atoms with Crippen molar-refractivity contribution >= 4 is 17.5 Å². The number of benzene rings is 2. The van der Waals surface area contributed by atoms with E-state index in [0.717, 1.165) is 41.8 Å².